The first-order valence-corrected chi connectivity index (χ1v) is 7.78. The third kappa shape index (κ3) is 4.34. The number of carbonyl (C=O) groups excluding carboxylic acids is 1. The molecule has 2 aromatic carbocycles. The summed E-state index contributed by atoms with van der Waals surface area (Å²) in [7, 11) is 4.24. The van der Waals surface area contributed by atoms with E-state index in [1.165, 1.54) is 57.7 Å². The molecule has 10 nitrogen and oxygen atoms in total. The number of nitro benzene ring substituents is 1. The maximum absolute atomic E-state index is 12.6. The molecule has 0 radical (unpaired) electrons. The topological polar surface area (TPSA) is 136 Å². The molecule has 144 valence electrons. The van der Waals surface area contributed by atoms with Crippen LogP contribution in [0.2, 0.25) is 0 Å². The fourth-order valence-electron chi connectivity index (χ4n) is 2.25. The molecule has 0 saturated carbocycles. The minimum absolute atomic E-state index is 0.0939. The van der Waals surface area contributed by atoms with Gasteiger partial charge in [-0.05, 0) is 24.3 Å². The van der Waals surface area contributed by atoms with Crippen molar-refractivity contribution in [1.82, 2.24) is 0 Å². The Morgan fingerprint density at radius 1 is 1.11 bits per heavy atom. The van der Waals surface area contributed by atoms with Gasteiger partial charge in [0.2, 0.25) is 17.2 Å². The fraction of sp³-hybridized carbons (Fsp3) is 0.167. The lowest BCUT2D eigenvalue weighted by molar-refractivity contribution is -0.384. The van der Waals surface area contributed by atoms with Crippen LogP contribution in [0, 0.1) is 21.4 Å². The van der Waals surface area contributed by atoms with Gasteiger partial charge < -0.3 is 14.2 Å². The SMILES string of the molecule is COc1cc(C(=O)/C(C#N)=N/Nc2ccc([N+](=O)[O-])cc2)cc(OC)c1OC. The first kappa shape index (κ1) is 20.2. The van der Waals surface area contributed by atoms with Crippen molar-refractivity contribution in [2.24, 2.45) is 5.10 Å². The average molecular weight is 384 g/mol. The summed E-state index contributed by atoms with van der Waals surface area (Å²) in [5, 5.41) is 23.7. The van der Waals surface area contributed by atoms with Gasteiger partial charge in [0.15, 0.2) is 11.5 Å². The summed E-state index contributed by atoms with van der Waals surface area (Å²) in [4.78, 5) is 22.8. The van der Waals surface area contributed by atoms with E-state index in [2.05, 4.69) is 10.5 Å². The molecule has 1 N–H and O–H groups in total. The lowest BCUT2D eigenvalue weighted by Gasteiger charge is -2.13. The van der Waals surface area contributed by atoms with E-state index in [1.54, 1.807) is 6.07 Å². The third-order valence-electron chi connectivity index (χ3n) is 3.62. The Bertz CT molecular complexity index is 938. The van der Waals surface area contributed by atoms with E-state index in [4.69, 9.17) is 14.2 Å². The molecule has 10 heteroatoms. The minimum atomic E-state index is -0.670. The van der Waals surface area contributed by atoms with Crippen molar-refractivity contribution < 1.29 is 23.9 Å². The Balaban J connectivity index is 2.31. The Labute approximate surface area is 160 Å². The molecule has 0 fully saturated rings. The third-order valence-corrected chi connectivity index (χ3v) is 3.62. The van der Waals surface area contributed by atoms with Crippen LogP contribution < -0.4 is 19.6 Å². The summed E-state index contributed by atoms with van der Waals surface area (Å²) in [6.45, 7) is 0. The van der Waals surface area contributed by atoms with Crippen molar-refractivity contribution in [1.29, 1.82) is 5.26 Å². The smallest absolute Gasteiger partial charge is 0.269 e. The van der Waals surface area contributed by atoms with Crippen LogP contribution in [0.4, 0.5) is 11.4 Å². The second-order valence-electron chi connectivity index (χ2n) is 5.23. The zero-order chi connectivity index (χ0) is 20.7. The second-order valence-corrected chi connectivity index (χ2v) is 5.23. The van der Waals surface area contributed by atoms with Gasteiger partial charge in [0.1, 0.15) is 6.07 Å². The number of nitrogens with one attached hydrogen (secondary N) is 1. The van der Waals surface area contributed by atoms with Crippen LogP contribution in [0.5, 0.6) is 17.2 Å². The summed E-state index contributed by atoms with van der Waals surface area (Å²) >= 11 is 0. The zero-order valence-electron chi connectivity index (χ0n) is 15.3. The fourth-order valence-corrected chi connectivity index (χ4v) is 2.25. The number of nitriles is 1. The van der Waals surface area contributed by atoms with E-state index in [-0.39, 0.29) is 22.7 Å². The highest BCUT2D eigenvalue weighted by atomic mass is 16.6. The summed E-state index contributed by atoms with van der Waals surface area (Å²) in [5.41, 5.74) is 2.49. The maximum atomic E-state index is 12.6. The Hall–Kier alpha value is -4.13. The molecule has 28 heavy (non-hydrogen) atoms. The summed E-state index contributed by atoms with van der Waals surface area (Å²) in [5.74, 6) is 0.147. The van der Waals surface area contributed by atoms with Crippen LogP contribution in [0.25, 0.3) is 0 Å². The number of nitro groups is 1. The predicted octanol–water partition coefficient (Wildman–Crippen LogP) is 2.79. The number of ether oxygens (including phenoxy) is 3. The molecule has 0 amide bonds. The summed E-state index contributed by atoms with van der Waals surface area (Å²) < 4.78 is 15.6. The highest BCUT2D eigenvalue weighted by molar-refractivity contribution is 6.51. The number of anilines is 1. The number of carbonyl (C=O) groups is 1. The van der Waals surface area contributed by atoms with E-state index in [0.29, 0.717) is 11.4 Å². The van der Waals surface area contributed by atoms with Gasteiger partial charge in [0.25, 0.3) is 5.69 Å². The van der Waals surface area contributed by atoms with Crippen molar-refractivity contribution in [3.05, 3.63) is 52.1 Å². The number of methoxy groups -OCH3 is 3. The molecule has 0 atom stereocenters. The molecule has 0 saturated heterocycles. The van der Waals surface area contributed by atoms with Crippen LogP contribution in [0.3, 0.4) is 0 Å². The van der Waals surface area contributed by atoms with Gasteiger partial charge in [0.05, 0.1) is 31.9 Å². The molecule has 0 spiro atoms. The van der Waals surface area contributed by atoms with Crippen molar-refractivity contribution in [3.8, 4) is 23.3 Å². The monoisotopic (exact) mass is 384 g/mol. The van der Waals surface area contributed by atoms with Gasteiger partial charge >= 0.3 is 0 Å². The van der Waals surface area contributed by atoms with Crippen molar-refractivity contribution >= 4 is 22.9 Å². The Kier molecular flexibility index (Phi) is 6.49. The van der Waals surface area contributed by atoms with Crippen molar-refractivity contribution in [2.45, 2.75) is 0 Å². The number of Topliss-reactive ketones (excluding diaryl/α,β-unsaturated/α-hetero) is 1. The number of hydrogen-bond acceptors (Lipinski definition) is 9. The average Bonchev–Trinajstić information content (AvgIpc) is 2.73. The molecule has 0 aliphatic heterocycles. The maximum Gasteiger partial charge on any atom is 0.269 e. The van der Waals surface area contributed by atoms with E-state index in [9.17, 15) is 20.2 Å². The van der Waals surface area contributed by atoms with E-state index in [1.807, 2.05) is 0 Å². The van der Waals surface area contributed by atoms with Crippen LogP contribution in [-0.2, 0) is 0 Å². The van der Waals surface area contributed by atoms with Crippen LogP contribution in [0.1, 0.15) is 10.4 Å². The summed E-state index contributed by atoms with van der Waals surface area (Å²) in [6.07, 6.45) is 0. The zero-order valence-corrected chi connectivity index (χ0v) is 15.3. The molecule has 0 aliphatic carbocycles. The van der Waals surface area contributed by atoms with E-state index < -0.39 is 16.4 Å². The van der Waals surface area contributed by atoms with Gasteiger partial charge in [-0.15, -0.1) is 0 Å². The molecular formula is C18H16N4O6. The molecule has 0 heterocycles. The number of non-ortho nitro benzene ring substituents is 1. The van der Waals surface area contributed by atoms with Gasteiger partial charge in [0, 0.05) is 17.7 Å². The number of ketones is 1. The molecule has 0 bridgehead atoms. The Morgan fingerprint density at radius 3 is 2.11 bits per heavy atom. The first-order valence-electron chi connectivity index (χ1n) is 7.78. The second kappa shape index (κ2) is 9.00. The quantitative estimate of drug-likeness (QED) is 0.317. The summed E-state index contributed by atoms with van der Waals surface area (Å²) in [6, 6.07) is 9.88. The molecule has 2 rings (SSSR count). The van der Waals surface area contributed by atoms with Crippen LogP contribution in [-0.4, -0.2) is 37.7 Å². The highest BCUT2D eigenvalue weighted by Gasteiger charge is 2.20. The van der Waals surface area contributed by atoms with E-state index >= 15 is 0 Å². The first-order chi connectivity index (χ1) is 13.4. The van der Waals surface area contributed by atoms with Crippen molar-refractivity contribution in [3.63, 3.8) is 0 Å². The standard InChI is InChI=1S/C18H16N4O6/c1-26-15-8-11(9-16(27-2)18(15)28-3)17(23)14(10-19)21-20-12-4-6-13(7-5-12)22(24)25/h4-9,20H,1-3H3/b21-14+. The van der Waals surface area contributed by atoms with E-state index in [0.717, 1.165) is 0 Å². The number of nitrogens with zero attached hydrogens (tertiary/aromatic N) is 3. The van der Waals surface area contributed by atoms with Gasteiger partial charge in [-0.3, -0.25) is 20.3 Å². The number of hydrazone groups is 1. The molecular weight excluding hydrogens is 368 g/mol. The van der Waals surface area contributed by atoms with Gasteiger partial charge in [-0.2, -0.15) is 10.4 Å². The lowest BCUT2D eigenvalue weighted by Crippen LogP contribution is -2.15. The number of benzene rings is 2. The van der Waals surface area contributed by atoms with Gasteiger partial charge in [-0.25, -0.2) is 0 Å². The number of hydrogen-bond donors (Lipinski definition) is 1. The largest absolute Gasteiger partial charge is 0.493 e. The van der Waals surface area contributed by atoms with Crippen LogP contribution in [0.15, 0.2) is 41.5 Å². The highest BCUT2D eigenvalue weighted by Crippen LogP contribution is 2.38. The lowest BCUT2D eigenvalue weighted by atomic mass is 10.1. The molecule has 0 unspecified atom stereocenters. The van der Waals surface area contributed by atoms with Crippen LogP contribution >= 0.6 is 0 Å². The van der Waals surface area contributed by atoms with Crippen molar-refractivity contribution in [2.75, 3.05) is 26.8 Å². The molecule has 0 aromatic heterocycles. The number of rotatable bonds is 8. The molecule has 0 aliphatic rings. The predicted molar refractivity (Wildman–Crippen MR) is 100 cm³/mol. The minimum Gasteiger partial charge on any atom is -0.493 e. The normalized spacial score (nSPS) is 10.6. The molecule has 2 aromatic rings. The Morgan fingerprint density at radius 2 is 1.68 bits per heavy atom. The van der Waals surface area contributed by atoms with Gasteiger partial charge in [-0.1, -0.05) is 0 Å².